The number of halogens is 1. The second-order valence-corrected chi connectivity index (χ2v) is 7.68. The standard InChI is InChI=1S/C18H29FN4O2/c1-12(9-19)16(24)20-10-14-11-23(6-7-25-14)15-8-13(2)21-17(22-15)18(3,4)5/h8,12,14H,6-7,9-11H2,1-5H3,(H,20,24). The van der Waals surface area contributed by atoms with Gasteiger partial charge in [-0.3, -0.25) is 9.18 Å². The zero-order valence-corrected chi connectivity index (χ0v) is 15.8. The van der Waals surface area contributed by atoms with Crippen molar-refractivity contribution in [1.29, 1.82) is 0 Å². The first-order chi connectivity index (χ1) is 11.7. The molecule has 1 aliphatic rings. The summed E-state index contributed by atoms with van der Waals surface area (Å²) in [6.07, 6.45) is -0.141. The molecular formula is C18H29FN4O2. The van der Waals surface area contributed by atoms with Crippen LogP contribution in [-0.4, -0.2) is 54.9 Å². The van der Waals surface area contributed by atoms with Crippen LogP contribution < -0.4 is 10.2 Å². The number of morpholine rings is 1. The fourth-order valence-corrected chi connectivity index (χ4v) is 2.56. The number of carbonyl (C=O) groups is 1. The molecule has 1 N–H and O–H groups in total. The Morgan fingerprint density at radius 1 is 1.48 bits per heavy atom. The molecule has 1 amide bonds. The molecule has 1 aromatic rings. The fraction of sp³-hybridized carbons (Fsp3) is 0.722. The predicted molar refractivity (Wildman–Crippen MR) is 95.6 cm³/mol. The van der Waals surface area contributed by atoms with E-state index in [-0.39, 0.29) is 17.4 Å². The summed E-state index contributed by atoms with van der Waals surface area (Å²) in [5.41, 5.74) is 0.811. The van der Waals surface area contributed by atoms with E-state index < -0.39 is 12.6 Å². The molecule has 0 saturated carbocycles. The van der Waals surface area contributed by atoms with E-state index in [1.54, 1.807) is 6.92 Å². The largest absolute Gasteiger partial charge is 0.373 e. The molecule has 0 aromatic carbocycles. The second kappa shape index (κ2) is 8.08. The van der Waals surface area contributed by atoms with Crippen molar-refractivity contribution in [2.75, 3.05) is 37.8 Å². The summed E-state index contributed by atoms with van der Waals surface area (Å²) in [4.78, 5) is 23.2. The van der Waals surface area contributed by atoms with Gasteiger partial charge in [-0.1, -0.05) is 27.7 Å². The minimum Gasteiger partial charge on any atom is -0.373 e. The van der Waals surface area contributed by atoms with E-state index >= 15 is 0 Å². The van der Waals surface area contributed by atoms with Gasteiger partial charge in [0.1, 0.15) is 18.3 Å². The average Bonchev–Trinajstić information content (AvgIpc) is 2.57. The van der Waals surface area contributed by atoms with Crippen LogP contribution in [0.3, 0.4) is 0 Å². The van der Waals surface area contributed by atoms with Crippen LogP contribution >= 0.6 is 0 Å². The number of nitrogens with zero attached hydrogens (tertiary/aromatic N) is 3. The molecule has 7 heteroatoms. The highest BCUT2D eigenvalue weighted by Crippen LogP contribution is 2.23. The van der Waals surface area contributed by atoms with Gasteiger partial charge >= 0.3 is 0 Å². The number of hydrogen-bond acceptors (Lipinski definition) is 5. The molecular weight excluding hydrogens is 323 g/mol. The van der Waals surface area contributed by atoms with E-state index in [4.69, 9.17) is 9.72 Å². The molecule has 2 atom stereocenters. The van der Waals surface area contributed by atoms with Crippen LogP contribution in [0.2, 0.25) is 0 Å². The molecule has 2 unspecified atom stereocenters. The maximum atomic E-state index is 12.5. The minimum absolute atomic E-state index is 0.122. The van der Waals surface area contributed by atoms with Gasteiger partial charge in [-0.25, -0.2) is 9.97 Å². The molecule has 25 heavy (non-hydrogen) atoms. The molecule has 1 saturated heterocycles. The van der Waals surface area contributed by atoms with Crippen molar-refractivity contribution in [1.82, 2.24) is 15.3 Å². The highest BCUT2D eigenvalue weighted by atomic mass is 19.1. The molecule has 2 rings (SSSR count). The first kappa shape index (κ1) is 19.6. The lowest BCUT2D eigenvalue weighted by Gasteiger charge is -2.34. The van der Waals surface area contributed by atoms with Crippen molar-refractivity contribution in [2.24, 2.45) is 5.92 Å². The summed E-state index contributed by atoms with van der Waals surface area (Å²) in [5, 5.41) is 2.76. The van der Waals surface area contributed by atoms with Crippen LogP contribution in [0, 0.1) is 12.8 Å². The maximum Gasteiger partial charge on any atom is 0.225 e. The van der Waals surface area contributed by atoms with Crippen molar-refractivity contribution >= 4 is 11.7 Å². The Morgan fingerprint density at radius 3 is 2.84 bits per heavy atom. The molecule has 0 spiro atoms. The predicted octanol–water partition coefficient (Wildman–Crippen LogP) is 2.01. The number of rotatable bonds is 5. The van der Waals surface area contributed by atoms with Crippen LogP contribution in [0.15, 0.2) is 6.07 Å². The smallest absolute Gasteiger partial charge is 0.225 e. The SMILES string of the molecule is Cc1cc(N2CCOC(CNC(=O)C(C)CF)C2)nc(C(C)(C)C)n1. The normalized spacial score (nSPS) is 19.6. The van der Waals surface area contributed by atoms with Crippen molar-refractivity contribution in [3.63, 3.8) is 0 Å². The summed E-state index contributed by atoms with van der Waals surface area (Å²) in [6.45, 7) is 11.5. The Balaban J connectivity index is 2.04. The third-order valence-electron chi connectivity index (χ3n) is 4.16. The van der Waals surface area contributed by atoms with Crippen LogP contribution in [0.25, 0.3) is 0 Å². The van der Waals surface area contributed by atoms with Gasteiger partial charge in [0.25, 0.3) is 0 Å². The van der Waals surface area contributed by atoms with E-state index in [1.807, 2.05) is 13.0 Å². The molecule has 0 bridgehead atoms. The second-order valence-electron chi connectivity index (χ2n) is 7.68. The van der Waals surface area contributed by atoms with Crippen molar-refractivity contribution in [3.8, 4) is 0 Å². The zero-order valence-electron chi connectivity index (χ0n) is 15.8. The van der Waals surface area contributed by atoms with E-state index in [1.165, 1.54) is 0 Å². The lowest BCUT2D eigenvalue weighted by atomic mass is 9.95. The highest BCUT2D eigenvalue weighted by Gasteiger charge is 2.25. The number of aromatic nitrogens is 2. The number of amides is 1. The van der Waals surface area contributed by atoms with Crippen molar-refractivity contribution < 1.29 is 13.9 Å². The molecule has 1 aliphatic heterocycles. The summed E-state index contributed by atoms with van der Waals surface area (Å²) in [7, 11) is 0. The van der Waals surface area contributed by atoms with E-state index in [2.05, 4.69) is 36.0 Å². The van der Waals surface area contributed by atoms with Gasteiger partial charge in [-0.2, -0.15) is 0 Å². The first-order valence-corrected chi connectivity index (χ1v) is 8.77. The van der Waals surface area contributed by atoms with Gasteiger partial charge in [0, 0.05) is 36.8 Å². The number of anilines is 1. The third kappa shape index (κ3) is 5.36. The van der Waals surface area contributed by atoms with Gasteiger partial charge in [0.05, 0.1) is 18.6 Å². The monoisotopic (exact) mass is 352 g/mol. The molecule has 0 radical (unpaired) electrons. The van der Waals surface area contributed by atoms with Gasteiger partial charge < -0.3 is 15.0 Å². The molecule has 2 heterocycles. The Kier molecular flexibility index (Phi) is 6.32. The zero-order chi connectivity index (χ0) is 18.6. The van der Waals surface area contributed by atoms with Gasteiger partial charge in [0.2, 0.25) is 5.91 Å². The Bertz CT molecular complexity index is 603. The number of ether oxygens (including phenoxy) is 1. The van der Waals surface area contributed by atoms with Gasteiger partial charge in [-0.15, -0.1) is 0 Å². The Hall–Kier alpha value is -1.76. The Morgan fingerprint density at radius 2 is 2.20 bits per heavy atom. The molecule has 0 aliphatic carbocycles. The molecule has 1 fully saturated rings. The number of aryl methyl sites for hydroxylation is 1. The van der Waals surface area contributed by atoms with Gasteiger partial charge in [-0.05, 0) is 6.92 Å². The third-order valence-corrected chi connectivity index (χ3v) is 4.16. The average molecular weight is 352 g/mol. The van der Waals surface area contributed by atoms with Crippen LogP contribution in [0.4, 0.5) is 10.2 Å². The fourth-order valence-electron chi connectivity index (χ4n) is 2.56. The molecule has 140 valence electrons. The summed E-state index contributed by atoms with van der Waals surface area (Å²) < 4.78 is 18.3. The highest BCUT2D eigenvalue weighted by molar-refractivity contribution is 5.78. The molecule has 1 aromatic heterocycles. The number of carbonyl (C=O) groups excluding carboxylic acids is 1. The molecule has 6 nitrogen and oxygen atoms in total. The summed E-state index contributed by atoms with van der Waals surface area (Å²) in [5.74, 6) is 0.791. The van der Waals surface area contributed by atoms with Crippen LogP contribution in [0.5, 0.6) is 0 Å². The first-order valence-electron chi connectivity index (χ1n) is 8.77. The quantitative estimate of drug-likeness (QED) is 0.878. The summed E-state index contributed by atoms with van der Waals surface area (Å²) in [6, 6.07) is 1.97. The van der Waals surface area contributed by atoms with Crippen LogP contribution in [0.1, 0.15) is 39.2 Å². The lowest BCUT2D eigenvalue weighted by molar-refractivity contribution is -0.125. The van der Waals surface area contributed by atoms with E-state index in [0.29, 0.717) is 19.7 Å². The van der Waals surface area contributed by atoms with E-state index in [9.17, 15) is 9.18 Å². The maximum absolute atomic E-state index is 12.5. The van der Waals surface area contributed by atoms with E-state index in [0.717, 1.165) is 23.9 Å². The lowest BCUT2D eigenvalue weighted by Crippen LogP contribution is -2.48. The minimum atomic E-state index is -0.653. The van der Waals surface area contributed by atoms with Crippen molar-refractivity contribution in [2.45, 2.75) is 46.1 Å². The summed E-state index contributed by atoms with van der Waals surface area (Å²) >= 11 is 0. The van der Waals surface area contributed by atoms with Gasteiger partial charge in [0.15, 0.2) is 0 Å². The van der Waals surface area contributed by atoms with Crippen LogP contribution in [-0.2, 0) is 14.9 Å². The number of nitrogens with one attached hydrogen (secondary N) is 1. The Labute approximate surface area is 149 Å². The number of hydrogen-bond donors (Lipinski definition) is 1. The number of alkyl halides is 1. The topological polar surface area (TPSA) is 67.3 Å². The van der Waals surface area contributed by atoms with Crippen molar-refractivity contribution in [3.05, 3.63) is 17.6 Å².